The number of ether oxygens (including phenoxy) is 1. The lowest BCUT2D eigenvalue weighted by Gasteiger charge is -2.17. The monoisotopic (exact) mass is 349 g/mol. The summed E-state index contributed by atoms with van der Waals surface area (Å²) in [4.78, 5) is 4.63. The van der Waals surface area contributed by atoms with Crippen molar-refractivity contribution in [2.75, 3.05) is 6.61 Å². The quantitative estimate of drug-likeness (QED) is 0.541. The van der Waals surface area contributed by atoms with Gasteiger partial charge in [-0.2, -0.15) is 5.10 Å². The maximum absolute atomic E-state index is 6.32. The van der Waals surface area contributed by atoms with Crippen molar-refractivity contribution < 1.29 is 4.74 Å². The van der Waals surface area contributed by atoms with Crippen molar-refractivity contribution in [1.82, 2.24) is 14.6 Å². The molecule has 0 atom stereocenters. The van der Waals surface area contributed by atoms with E-state index >= 15 is 0 Å². The van der Waals surface area contributed by atoms with Gasteiger partial charge in [0, 0.05) is 12.0 Å². The van der Waals surface area contributed by atoms with Crippen LogP contribution < -0.4 is 0 Å². The summed E-state index contributed by atoms with van der Waals surface area (Å²) < 4.78 is 8.16. The number of nitrogens with zero attached hydrogens (tertiary/aromatic N) is 3. The molecule has 2 aromatic rings. The zero-order valence-corrected chi connectivity index (χ0v) is 11.5. The first kappa shape index (κ1) is 10.7. The third-order valence-corrected chi connectivity index (χ3v) is 4.37. The number of rotatable bonds is 0. The van der Waals surface area contributed by atoms with Gasteiger partial charge in [-0.25, -0.2) is 9.50 Å². The molecule has 6 heteroatoms. The average Bonchev–Trinajstić information content (AvgIpc) is 2.58. The molecule has 0 saturated carbocycles. The maximum Gasteiger partial charge on any atom is 0.170 e. The van der Waals surface area contributed by atoms with E-state index in [0.717, 1.165) is 39.2 Å². The van der Waals surface area contributed by atoms with Crippen LogP contribution in [0.3, 0.4) is 0 Å². The van der Waals surface area contributed by atoms with E-state index in [-0.39, 0.29) is 0 Å². The molecule has 3 rings (SSSR count). The van der Waals surface area contributed by atoms with Crippen molar-refractivity contribution in [3.63, 3.8) is 0 Å². The fraction of sp³-hybridized carbons (Fsp3) is 0.400. The van der Waals surface area contributed by atoms with Crippen LogP contribution in [-0.4, -0.2) is 21.2 Å². The van der Waals surface area contributed by atoms with Crippen LogP contribution in [0.5, 0.6) is 0 Å². The van der Waals surface area contributed by atoms with Gasteiger partial charge >= 0.3 is 0 Å². The van der Waals surface area contributed by atoms with Crippen molar-refractivity contribution in [3.05, 3.63) is 25.7 Å². The second-order valence-electron chi connectivity index (χ2n) is 3.77. The Morgan fingerprint density at radius 2 is 2.31 bits per heavy atom. The number of halogens is 2. The van der Waals surface area contributed by atoms with Gasteiger partial charge in [-0.05, 0) is 29.5 Å². The molecule has 1 aliphatic heterocycles. The number of hydrogen-bond acceptors (Lipinski definition) is 3. The molecule has 0 saturated heterocycles. The van der Waals surface area contributed by atoms with Crippen LogP contribution in [0.2, 0.25) is 5.15 Å². The van der Waals surface area contributed by atoms with Crippen molar-refractivity contribution in [2.24, 2.45) is 0 Å². The Bertz CT molecular complexity index is 581. The van der Waals surface area contributed by atoms with Crippen LogP contribution in [0, 0.1) is 10.5 Å². The zero-order valence-electron chi connectivity index (χ0n) is 8.63. The summed E-state index contributed by atoms with van der Waals surface area (Å²) in [6.45, 7) is 3.21. The van der Waals surface area contributed by atoms with Gasteiger partial charge in [0.1, 0.15) is 5.15 Å². The van der Waals surface area contributed by atoms with Crippen LogP contribution in [0.15, 0.2) is 0 Å². The molecule has 0 radical (unpaired) electrons. The Hall–Kier alpha value is -0.400. The maximum atomic E-state index is 6.32. The molecule has 3 heterocycles. The van der Waals surface area contributed by atoms with Gasteiger partial charge in [-0.15, -0.1) is 0 Å². The number of aryl methyl sites for hydroxylation is 1. The molecule has 84 valence electrons. The highest BCUT2D eigenvalue weighted by Gasteiger charge is 2.20. The lowest BCUT2D eigenvalue weighted by atomic mass is 10.1. The van der Waals surface area contributed by atoms with Crippen LogP contribution in [0.25, 0.3) is 5.65 Å². The van der Waals surface area contributed by atoms with E-state index in [0.29, 0.717) is 11.8 Å². The van der Waals surface area contributed by atoms with Crippen molar-refractivity contribution in [2.45, 2.75) is 20.0 Å². The molecule has 1 aliphatic rings. The SMILES string of the molecule is Cc1nn2c(Cl)c3c(nc2c1I)CCOC3. The Morgan fingerprint density at radius 1 is 1.50 bits per heavy atom. The Balaban J connectivity index is 2.39. The molecule has 0 unspecified atom stereocenters. The number of fused-ring (bicyclic) bond motifs is 2. The highest BCUT2D eigenvalue weighted by atomic mass is 127. The van der Waals surface area contributed by atoms with E-state index in [9.17, 15) is 0 Å². The standard InChI is InChI=1S/C10H9ClIN3O/c1-5-8(12)10-13-7-2-3-16-4-6(7)9(11)15(10)14-5/h2-4H2,1H3. The van der Waals surface area contributed by atoms with Gasteiger partial charge in [-0.3, -0.25) is 0 Å². The van der Waals surface area contributed by atoms with E-state index in [2.05, 4.69) is 32.7 Å². The number of hydrogen-bond donors (Lipinski definition) is 0. The molecule has 0 bridgehead atoms. The first-order valence-corrected chi connectivity index (χ1v) is 6.44. The van der Waals surface area contributed by atoms with Gasteiger partial charge in [-0.1, -0.05) is 11.6 Å². The molecule has 0 fully saturated rings. The summed E-state index contributed by atoms with van der Waals surface area (Å²) >= 11 is 8.58. The minimum Gasteiger partial charge on any atom is -0.376 e. The largest absolute Gasteiger partial charge is 0.376 e. The fourth-order valence-electron chi connectivity index (χ4n) is 1.86. The van der Waals surface area contributed by atoms with Crippen LogP contribution in [-0.2, 0) is 17.8 Å². The van der Waals surface area contributed by atoms with E-state index in [1.807, 2.05) is 6.92 Å². The minimum absolute atomic E-state index is 0.534. The van der Waals surface area contributed by atoms with Crippen molar-refractivity contribution in [1.29, 1.82) is 0 Å². The Labute approximate surface area is 111 Å². The van der Waals surface area contributed by atoms with Gasteiger partial charge in [0.05, 0.1) is 28.2 Å². The third-order valence-electron chi connectivity index (χ3n) is 2.72. The van der Waals surface area contributed by atoms with E-state index in [1.54, 1.807) is 4.52 Å². The minimum atomic E-state index is 0.534. The summed E-state index contributed by atoms with van der Waals surface area (Å²) in [5.41, 5.74) is 3.82. The van der Waals surface area contributed by atoms with Crippen LogP contribution in [0.1, 0.15) is 17.0 Å². The second-order valence-corrected chi connectivity index (χ2v) is 5.20. The summed E-state index contributed by atoms with van der Waals surface area (Å²) in [7, 11) is 0. The first-order chi connectivity index (χ1) is 7.68. The number of aromatic nitrogens is 3. The van der Waals surface area contributed by atoms with Gasteiger partial charge in [0.2, 0.25) is 0 Å². The van der Waals surface area contributed by atoms with E-state index in [4.69, 9.17) is 16.3 Å². The molecule has 0 amide bonds. The molecular weight excluding hydrogens is 340 g/mol. The zero-order chi connectivity index (χ0) is 11.3. The third kappa shape index (κ3) is 1.45. The molecule has 0 N–H and O–H groups in total. The molecule has 0 spiro atoms. The predicted molar refractivity (Wildman–Crippen MR) is 68.8 cm³/mol. The van der Waals surface area contributed by atoms with E-state index in [1.165, 1.54) is 0 Å². The van der Waals surface area contributed by atoms with Gasteiger partial charge < -0.3 is 4.74 Å². The second kappa shape index (κ2) is 3.82. The summed E-state index contributed by atoms with van der Waals surface area (Å²) in [6, 6.07) is 0. The van der Waals surface area contributed by atoms with Gasteiger partial charge in [0.15, 0.2) is 5.65 Å². The average molecular weight is 350 g/mol. The summed E-state index contributed by atoms with van der Waals surface area (Å²) in [6.07, 6.45) is 0.825. The fourth-order valence-corrected chi connectivity index (χ4v) is 2.60. The van der Waals surface area contributed by atoms with Gasteiger partial charge in [0.25, 0.3) is 0 Å². The molecule has 0 aliphatic carbocycles. The van der Waals surface area contributed by atoms with Crippen LogP contribution in [0.4, 0.5) is 0 Å². The van der Waals surface area contributed by atoms with Crippen molar-refractivity contribution >= 4 is 39.8 Å². The van der Waals surface area contributed by atoms with E-state index < -0.39 is 0 Å². The van der Waals surface area contributed by atoms with Crippen molar-refractivity contribution in [3.8, 4) is 0 Å². The summed E-state index contributed by atoms with van der Waals surface area (Å²) in [5.74, 6) is 0. The lowest BCUT2D eigenvalue weighted by molar-refractivity contribution is 0.109. The Kier molecular flexibility index (Phi) is 2.56. The highest BCUT2D eigenvalue weighted by Crippen LogP contribution is 2.27. The molecule has 2 aromatic heterocycles. The molecular formula is C10H9ClIN3O. The smallest absolute Gasteiger partial charge is 0.170 e. The molecule has 16 heavy (non-hydrogen) atoms. The Morgan fingerprint density at radius 3 is 3.12 bits per heavy atom. The topological polar surface area (TPSA) is 39.4 Å². The first-order valence-electron chi connectivity index (χ1n) is 4.98. The predicted octanol–water partition coefficient (Wildman–Crippen LogP) is 2.37. The van der Waals surface area contributed by atoms with Crippen LogP contribution >= 0.6 is 34.2 Å². The lowest BCUT2D eigenvalue weighted by Crippen LogP contribution is -2.14. The normalized spacial score (nSPS) is 15.4. The highest BCUT2D eigenvalue weighted by molar-refractivity contribution is 14.1. The molecule has 0 aromatic carbocycles. The summed E-state index contributed by atoms with van der Waals surface area (Å²) in [5, 5.41) is 5.01. The molecule has 4 nitrogen and oxygen atoms in total.